The number of benzene rings is 2. The van der Waals surface area contributed by atoms with Gasteiger partial charge in [0.25, 0.3) is 5.69 Å². The molecule has 0 fully saturated rings. The van der Waals surface area contributed by atoms with Gasteiger partial charge in [-0.25, -0.2) is 0 Å². The molecule has 0 unspecified atom stereocenters. The highest BCUT2D eigenvalue weighted by molar-refractivity contribution is 6.02. The van der Waals surface area contributed by atoms with Crippen LogP contribution in [0.15, 0.2) is 36.4 Å². The van der Waals surface area contributed by atoms with E-state index < -0.39 is 10.8 Å². The first kappa shape index (κ1) is 17.1. The molecule has 0 aliphatic rings. The second-order valence-electron chi connectivity index (χ2n) is 5.31. The van der Waals surface area contributed by atoms with Crippen molar-refractivity contribution < 1.29 is 14.5 Å². The van der Waals surface area contributed by atoms with E-state index in [0.717, 1.165) is 0 Å². The number of rotatable bonds is 4. The van der Waals surface area contributed by atoms with Crippen molar-refractivity contribution in [2.24, 2.45) is 0 Å². The van der Waals surface area contributed by atoms with Gasteiger partial charge in [-0.1, -0.05) is 30.3 Å². The summed E-state index contributed by atoms with van der Waals surface area (Å²) in [5.74, 6) is -0.749. The first-order chi connectivity index (χ1) is 11.3. The molecular weight excluding hydrogens is 310 g/mol. The summed E-state index contributed by atoms with van der Waals surface area (Å²) >= 11 is 0. The lowest BCUT2D eigenvalue weighted by atomic mass is 9.98. The molecule has 0 heterocycles. The SMILES string of the molecule is CC(=O)Nc1cc(-c2ccccc2)c(NC(C)=O)c([N+](=O)[O-])c1C. The first-order valence-corrected chi connectivity index (χ1v) is 7.24. The fourth-order valence-corrected chi connectivity index (χ4v) is 2.46. The summed E-state index contributed by atoms with van der Waals surface area (Å²) < 4.78 is 0. The van der Waals surface area contributed by atoms with Crippen LogP contribution in [0.2, 0.25) is 0 Å². The first-order valence-electron chi connectivity index (χ1n) is 7.24. The molecule has 0 aromatic heterocycles. The lowest BCUT2D eigenvalue weighted by Gasteiger charge is -2.16. The highest BCUT2D eigenvalue weighted by atomic mass is 16.6. The Bertz CT molecular complexity index is 816. The standard InChI is InChI=1S/C17H17N3O4/c1-10-15(18-11(2)21)9-14(13-7-5-4-6-8-13)16(19-12(3)22)17(10)20(23)24/h4-9H,1-3H3,(H,18,21)(H,19,22). The average Bonchev–Trinajstić information content (AvgIpc) is 2.49. The van der Waals surface area contributed by atoms with Crippen molar-refractivity contribution in [1.82, 2.24) is 0 Å². The minimum Gasteiger partial charge on any atom is -0.326 e. The molecule has 0 radical (unpaired) electrons. The molecule has 0 aliphatic carbocycles. The number of amides is 2. The second kappa shape index (κ2) is 6.91. The Hall–Kier alpha value is -3.22. The van der Waals surface area contributed by atoms with E-state index in [0.29, 0.717) is 16.8 Å². The van der Waals surface area contributed by atoms with Crippen molar-refractivity contribution in [2.45, 2.75) is 20.8 Å². The third-order valence-corrected chi connectivity index (χ3v) is 3.43. The molecule has 2 amide bonds. The Morgan fingerprint density at radius 1 is 1.04 bits per heavy atom. The highest BCUT2D eigenvalue weighted by Crippen LogP contribution is 2.42. The van der Waals surface area contributed by atoms with Crippen LogP contribution >= 0.6 is 0 Å². The third kappa shape index (κ3) is 3.57. The molecule has 0 atom stereocenters. The maximum absolute atomic E-state index is 11.6. The van der Waals surface area contributed by atoms with E-state index in [2.05, 4.69) is 10.6 Å². The molecular formula is C17H17N3O4. The monoisotopic (exact) mass is 327 g/mol. The molecule has 2 N–H and O–H groups in total. The van der Waals surface area contributed by atoms with Crippen LogP contribution in [0.5, 0.6) is 0 Å². The molecule has 24 heavy (non-hydrogen) atoms. The fraction of sp³-hybridized carbons (Fsp3) is 0.176. The molecule has 0 spiro atoms. The topological polar surface area (TPSA) is 101 Å². The molecule has 7 nitrogen and oxygen atoms in total. The zero-order chi connectivity index (χ0) is 17.9. The largest absolute Gasteiger partial charge is 0.326 e. The van der Waals surface area contributed by atoms with Gasteiger partial charge in [0, 0.05) is 19.4 Å². The van der Waals surface area contributed by atoms with Gasteiger partial charge in [-0.2, -0.15) is 0 Å². The van der Waals surface area contributed by atoms with Crippen LogP contribution in [-0.4, -0.2) is 16.7 Å². The predicted molar refractivity (Wildman–Crippen MR) is 91.9 cm³/mol. The van der Waals surface area contributed by atoms with Crippen LogP contribution in [0.1, 0.15) is 19.4 Å². The van der Waals surface area contributed by atoms with Gasteiger partial charge in [-0.15, -0.1) is 0 Å². The van der Waals surface area contributed by atoms with Gasteiger partial charge in [0.2, 0.25) is 11.8 Å². The summed E-state index contributed by atoms with van der Waals surface area (Å²) in [6, 6.07) is 10.6. The summed E-state index contributed by atoms with van der Waals surface area (Å²) in [5, 5.41) is 16.7. The summed E-state index contributed by atoms with van der Waals surface area (Å²) in [5.41, 5.74) is 1.64. The number of carbonyl (C=O) groups is 2. The minimum absolute atomic E-state index is 0.116. The van der Waals surface area contributed by atoms with E-state index in [9.17, 15) is 19.7 Å². The highest BCUT2D eigenvalue weighted by Gasteiger charge is 2.26. The Kier molecular flexibility index (Phi) is 4.93. The van der Waals surface area contributed by atoms with E-state index in [-0.39, 0.29) is 22.8 Å². The van der Waals surface area contributed by atoms with Crippen LogP contribution in [0.3, 0.4) is 0 Å². The number of nitrogens with zero attached hydrogens (tertiary/aromatic N) is 1. The Labute approximate surface area is 138 Å². The van der Waals surface area contributed by atoms with E-state index in [4.69, 9.17) is 0 Å². The molecule has 0 saturated heterocycles. The third-order valence-electron chi connectivity index (χ3n) is 3.43. The number of hydrogen-bond donors (Lipinski definition) is 2. The summed E-state index contributed by atoms with van der Waals surface area (Å²) in [6.45, 7) is 4.15. The van der Waals surface area contributed by atoms with Gasteiger partial charge in [0.05, 0.1) is 16.2 Å². The summed E-state index contributed by atoms with van der Waals surface area (Å²) in [7, 11) is 0. The van der Waals surface area contributed by atoms with Gasteiger partial charge >= 0.3 is 0 Å². The maximum Gasteiger partial charge on any atom is 0.298 e. The summed E-state index contributed by atoms with van der Waals surface area (Å²) in [4.78, 5) is 34.0. The molecule has 0 aliphatic heterocycles. The number of hydrogen-bond acceptors (Lipinski definition) is 4. The van der Waals surface area contributed by atoms with Crippen LogP contribution in [-0.2, 0) is 9.59 Å². The smallest absolute Gasteiger partial charge is 0.298 e. The van der Waals surface area contributed by atoms with Crippen LogP contribution in [0.4, 0.5) is 17.1 Å². The Morgan fingerprint density at radius 2 is 1.62 bits per heavy atom. The van der Waals surface area contributed by atoms with Crippen molar-refractivity contribution in [3.63, 3.8) is 0 Å². The van der Waals surface area contributed by atoms with Gasteiger partial charge in [-0.3, -0.25) is 19.7 Å². The van der Waals surface area contributed by atoms with Crippen molar-refractivity contribution >= 4 is 28.9 Å². The number of anilines is 2. The van der Waals surface area contributed by atoms with Crippen LogP contribution in [0.25, 0.3) is 11.1 Å². The van der Waals surface area contributed by atoms with E-state index in [1.54, 1.807) is 30.3 Å². The van der Waals surface area contributed by atoms with Gasteiger partial charge in [0.1, 0.15) is 5.69 Å². The van der Waals surface area contributed by atoms with Gasteiger partial charge in [-0.05, 0) is 18.6 Å². The van der Waals surface area contributed by atoms with Crippen molar-refractivity contribution in [3.05, 3.63) is 52.1 Å². The number of nitrogens with one attached hydrogen (secondary N) is 2. The number of nitro groups is 1. The Morgan fingerprint density at radius 3 is 2.12 bits per heavy atom. The van der Waals surface area contributed by atoms with Gasteiger partial charge < -0.3 is 10.6 Å². The molecule has 0 saturated carbocycles. The zero-order valence-corrected chi connectivity index (χ0v) is 13.5. The maximum atomic E-state index is 11.6. The lowest BCUT2D eigenvalue weighted by molar-refractivity contribution is -0.384. The number of carbonyl (C=O) groups excluding carboxylic acids is 2. The quantitative estimate of drug-likeness (QED) is 0.663. The fourth-order valence-electron chi connectivity index (χ4n) is 2.46. The average molecular weight is 327 g/mol. The van der Waals surface area contributed by atoms with Crippen LogP contribution < -0.4 is 10.6 Å². The molecule has 7 heteroatoms. The van der Waals surface area contributed by atoms with Gasteiger partial charge in [0.15, 0.2) is 0 Å². The summed E-state index contributed by atoms with van der Waals surface area (Å²) in [6.07, 6.45) is 0. The number of nitro benzene ring substituents is 1. The molecule has 2 rings (SSSR count). The molecule has 0 bridgehead atoms. The van der Waals surface area contributed by atoms with E-state index >= 15 is 0 Å². The molecule has 124 valence electrons. The van der Waals surface area contributed by atoms with Crippen molar-refractivity contribution in [3.8, 4) is 11.1 Å². The minimum atomic E-state index is -0.557. The zero-order valence-electron chi connectivity index (χ0n) is 13.5. The van der Waals surface area contributed by atoms with E-state index in [1.165, 1.54) is 20.8 Å². The molecule has 2 aromatic rings. The predicted octanol–water partition coefficient (Wildman–Crippen LogP) is 3.49. The Balaban J connectivity index is 2.83. The normalized spacial score (nSPS) is 10.1. The van der Waals surface area contributed by atoms with E-state index in [1.807, 2.05) is 6.07 Å². The van der Waals surface area contributed by atoms with Crippen LogP contribution in [0, 0.1) is 17.0 Å². The molecule has 2 aromatic carbocycles. The van der Waals surface area contributed by atoms with Crippen molar-refractivity contribution in [1.29, 1.82) is 0 Å². The lowest BCUT2D eigenvalue weighted by Crippen LogP contribution is -2.13. The second-order valence-corrected chi connectivity index (χ2v) is 5.31. The van der Waals surface area contributed by atoms with Crippen molar-refractivity contribution in [2.75, 3.05) is 10.6 Å².